The highest BCUT2D eigenvalue weighted by Crippen LogP contribution is 2.28. The van der Waals surface area contributed by atoms with Crippen molar-refractivity contribution >= 4 is 23.8 Å². The summed E-state index contributed by atoms with van der Waals surface area (Å²) < 4.78 is 13.7. The first-order valence-corrected chi connectivity index (χ1v) is 10.4. The fourth-order valence-electron chi connectivity index (χ4n) is 3.18. The first-order chi connectivity index (χ1) is 15.2. The summed E-state index contributed by atoms with van der Waals surface area (Å²) in [4.78, 5) is 0. The van der Waals surface area contributed by atoms with Gasteiger partial charge in [-0.15, -0.1) is 0 Å². The molecule has 0 saturated heterocycles. The lowest BCUT2D eigenvalue weighted by molar-refractivity contribution is 0.303. The number of para-hydroxylation sites is 1. The molecule has 0 saturated carbocycles. The molecule has 6 nitrogen and oxygen atoms in total. The molecule has 0 atom stereocenters. The van der Waals surface area contributed by atoms with E-state index in [1.807, 2.05) is 72.8 Å². The predicted octanol–water partition coefficient (Wildman–Crippen LogP) is 5.59. The van der Waals surface area contributed by atoms with Gasteiger partial charge in [-0.3, -0.25) is 0 Å². The Morgan fingerprint density at radius 3 is 2.61 bits per heavy atom. The molecular formula is C23H21ClN4O2S. The van der Waals surface area contributed by atoms with Crippen LogP contribution < -0.4 is 14.9 Å². The van der Waals surface area contributed by atoms with Crippen molar-refractivity contribution in [3.63, 3.8) is 0 Å². The molecule has 4 rings (SSSR count). The van der Waals surface area contributed by atoms with E-state index in [4.69, 9.17) is 33.3 Å². The molecule has 8 heteroatoms. The zero-order valence-corrected chi connectivity index (χ0v) is 18.4. The van der Waals surface area contributed by atoms with E-state index in [1.165, 1.54) is 0 Å². The minimum absolute atomic E-state index is 0.431. The van der Waals surface area contributed by atoms with Gasteiger partial charge in [-0.2, -0.15) is 5.10 Å². The van der Waals surface area contributed by atoms with Gasteiger partial charge < -0.3 is 14.9 Å². The van der Waals surface area contributed by atoms with E-state index in [0.717, 1.165) is 22.4 Å². The smallest absolute Gasteiger partial charge is 0.214 e. The summed E-state index contributed by atoms with van der Waals surface area (Å²) in [5, 5.41) is 7.83. The van der Waals surface area contributed by atoms with Crippen LogP contribution in [0.2, 0.25) is 5.02 Å². The van der Waals surface area contributed by atoms with Gasteiger partial charge >= 0.3 is 0 Å². The second kappa shape index (κ2) is 9.68. The number of aromatic nitrogens is 3. The molecule has 0 amide bonds. The molecule has 0 fully saturated rings. The van der Waals surface area contributed by atoms with Gasteiger partial charge in [0.15, 0.2) is 5.82 Å². The van der Waals surface area contributed by atoms with Crippen LogP contribution in [0.4, 0.5) is 0 Å². The van der Waals surface area contributed by atoms with Gasteiger partial charge in [-0.1, -0.05) is 54.1 Å². The van der Waals surface area contributed by atoms with Crippen molar-refractivity contribution in [2.75, 3.05) is 12.5 Å². The summed E-state index contributed by atoms with van der Waals surface area (Å²) in [6.07, 6.45) is 0. The summed E-state index contributed by atoms with van der Waals surface area (Å²) >= 11 is 11.7. The fourth-order valence-corrected chi connectivity index (χ4v) is 3.57. The SMILES string of the molecule is COc1ccccc1-c1n[nH]c(=S)n1NCc1cc(Cl)ccc1OCc1ccccc1. The molecule has 1 heterocycles. The van der Waals surface area contributed by atoms with Crippen molar-refractivity contribution in [2.45, 2.75) is 13.2 Å². The van der Waals surface area contributed by atoms with Crippen LogP contribution in [-0.2, 0) is 13.2 Å². The first kappa shape index (κ1) is 21.0. The lowest BCUT2D eigenvalue weighted by Gasteiger charge is -2.15. The molecule has 0 spiro atoms. The standard InChI is InChI=1S/C23H21ClN4O2S/c1-29-21-10-6-5-9-19(21)22-26-27-23(31)28(22)25-14-17-13-18(24)11-12-20(17)30-15-16-7-3-2-4-8-16/h2-13,25H,14-15H2,1H3,(H,27,31). The van der Waals surface area contributed by atoms with Gasteiger partial charge in [0.25, 0.3) is 0 Å². The predicted molar refractivity (Wildman–Crippen MR) is 125 cm³/mol. The molecular weight excluding hydrogens is 432 g/mol. The Labute approximate surface area is 190 Å². The fraction of sp³-hybridized carbons (Fsp3) is 0.130. The van der Waals surface area contributed by atoms with E-state index in [-0.39, 0.29) is 0 Å². The lowest BCUT2D eigenvalue weighted by atomic mass is 10.2. The van der Waals surface area contributed by atoms with E-state index in [1.54, 1.807) is 11.8 Å². The Morgan fingerprint density at radius 1 is 1.03 bits per heavy atom. The van der Waals surface area contributed by atoms with Crippen LogP contribution in [0.25, 0.3) is 11.4 Å². The number of nitrogens with one attached hydrogen (secondary N) is 2. The van der Waals surface area contributed by atoms with Gasteiger partial charge in [-0.05, 0) is 48.1 Å². The summed E-state index contributed by atoms with van der Waals surface area (Å²) in [5.74, 6) is 2.07. The number of benzene rings is 3. The summed E-state index contributed by atoms with van der Waals surface area (Å²) in [6.45, 7) is 0.897. The van der Waals surface area contributed by atoms with Crippen molar-refractivity contribution in [2.24, 2.45) is 0 Å². The molecule has 4 aromatic rings. The topological polar surface area (TPSA) is 64.1 Å². The van der Waals surface area contributed by atoms with Crippen LogP contribution in [0.3, 0.4) is 0 Å². The largest absolute Gasteiger partial charge is 0.496 e. The third-order valence-corrected chi connectivity index (χ3v) is 5.22. The molecule has 0 aliphatic heterocycles. The zero-order chi connectivity index (χ0) is 21.6. The minimum atomic E-state index is 0.431. The molecule has 0 aliphatic carbocycles. The average Bonchev–Trinajstić information content (AvgIpc) is 3.17. The third-order valence-electron chi connectivity index (χ3n) is 4.71. The van der Waals surface area contributed by atoms with Gasteiger partial charge in [0, 0.05) is 10.6 Å². The van der Waals surface area contributed by atoms with Crippen molar-refractivity contribution in [1.82, 2.24) is 14.9 Å². The maximum absolute atomic E-state index is 6.25. The van der Waals surface area contributed by atoms with Crippen molar-refractivity contribution < 1.29 is 9.47 Å². The van der Waals surface area contributed by atoms with Crippen LogP contribution >= 0.6 is 23.8 Å². The van der Waals surface area contributed by atoms with E-state index in [0.29, 0.717) is 34.5 Å². The molecule has 1 aromatic heterocycles. The van der Waals surface area contributed by atoms with Gasteiger partial charge in [0.2, 0.25) is 4.77 Å². The third kappa shape index (κ3) is 4.90. The van der Waals surface area contributed by atoms with Crippen molar-refractivity contribution in [3.05, 3.63) is 93.7 Å². The maximum Gasteiger partial charge on any atom is 0.214 e. The number of aromatic amines is 1. The van der Waals surface area contributed by atoms with Gasteiger partial charge in [0.1, 0.15) is 18.1 Å². The lowest BCUT2D eigenvalue weighted by Crippen LogP contribution is -2.16. The maximum atomic E-state index is 6.25. The average molecular weight is 453 g/mol. The van der Waals surface area contributed by atoms with Crippen LogP contribution in [0, 0.1) is 4.77 Å². The number of halogens is 1. The van der Waals surface area contributed by atoms with Crippen molar-refractivity contribution in [1.29, 1.82) is 0 Å². The molecule has 2 N–H and O–H groups in total. The summed E-state index contributed by atoms with van der Waals surface area (Å²) in [6, 6.07) is 23.2. The van der Waals surface area contributed by atoms with E-state index < -0.39 is 0 Å². The molecule has 0 radical (unpaired) electrons. The highest BCUT2D eigenvalue weighted by atomic mass is 35.5. The van der Waals surface area contributed by atoms with Crippen LogP contribution in [-0.4, -0.2) is 22.0 Å². The minimum Gasteiger partial charge on any atom is -0.496 e. The Bertz CT molecular complexity index is 1220. The normalized spacial score (nSPS) is 10.6. The Kier molecular flexibility index (Phi) is 6.54. The van der Waals surface area contributed by atoms with Crippen LogP contribution in [0.1, 0.15) is 11.1 Å². The van der Waals surface area contributed by atoms with Gasteiger partial charge in [-0.25, -0.2) is 9.77 Å². The number of nitrogens with zero attached hydrogens (tertiary/aromatic N) is 2. The zero-order valence-electron chi connectivity index (χ0n) is 16.8. The Morgan fingerprint density at radius 2 is 1.81 bits per heavy atom. The number of rotatable bonds is 8. The van der Waals surface area contributed by atoms with E-state index in [2.05, 4.69) is 15.6 Å². The van der Waals surface area contributed by atoms with E-state index in [9.17, 15) is 0 Å². The molecule has 0 aliphatic rings. The highest BCUT2D eigenvalue weighted by Gasteiger charge is 2.14. The van der Waals surface area contributed by atoms with Crippen LogP contribution in [0.5, 0.6) is 11.5 Å². The summed E-state index contributed by atoms with van der Waals surface area (Å²) in [7, 11) is 1.63. The molecule has 158 valence electrons. The second-order valence-corrected chi connectivity index (χ2v) is 7.57. The quantitative estimate of drug-likeness (QED) is 0.341. The number of H-pyrrole nitrogens is 1. The number of methoxy groups -OCH3 is 1. The molecule has 3 aromatic carbocycles. The second-order valence-electron chi connectivity index (χ2n) is 6.75. The first-order valence-electron chi connectivity index (χ1n) is 9.65. The van der Waals surface area contributed by atoms with Crippen LogP contribution in [0.15, 0.2) is 72.8 Å². The monoisotopic (exact) mass is 452 g/mol. The highest BCUT2D eigenvalue weighted by molar-refractivity contribution is 7.71. The molecule has 0 unspecified atom stereocenters. The Hall–Kier alpha value is -3.29. The summed E-state index contributed by atoms with van der Waals surface area (Å²) in [5.41, 5.74) is 6.12. The number of hydrogen-bond donors (Lipinski definition) is 2. The van der Waals surface area contributed by atoms with Crippen molar-refractivity contribution in [3.8, 4) is 22.9 Å². The number of hydrogen-bond acceptors (Lipinski definition) is 5. The molecule has 31 heavy (non-hydrogen) atoms. The van der Waals surface area contributed by atoms with Gasteiger partial charge in [0.05, 0.1) is 19.2 Å². The van der Waals surface area contributed by atoms with E-state index >= 15 is 0 Å². The molecule has 0 bridgehead atoms. The Balaban J connectivity index is 1.57. The number of ether oxygens (including phenoxy) is 2.